The van der Waals surface area contributed by atoms with E-state index in [0.717, 1.165) is 5.69 Å². The molecule has 1 unspecified atom stereocenters. The molecule has 0 aromatic heterocycles. The van der Waals surface area contributed by atoms with Crippen LogP contribution in [0.25, 0.3) is 10.8 Å². The number of nitrogens with one attached hydrogen (secondary N) is 1. The van der Waals surface area contributed by atoms with E-state index in [-0.39, 0.29) is 0 Å². The fourth-order valence-corrected chi connectivity index (χ4v) is 2.46. The Morgan fingerprint density at radius 1 is 0.800 bits per heavy atom. The van der Waals surface area contributed by atoms with Crippen LogP contribution in [0.1, 0.15) is 24.1 Å². The van der Waals surface area contributed by atoms with Gasteiger partial charge in [-0.3, -0.25) is 0 Å². The summed E-state index contributed by atoms with van der Waals surface area (Å²) in [5, 5.41) is 6.13. The maximum absolute atomic E-state index is 3.55. The van der Waals surface area contributed by atoms with Gasteiger partial charge in [-0.2, -0.15) is 0 Å². The molecular formula is C19H19N. The van der Waals surface area contributed by atoms with Crippen molar-refractivity contribution in [3.8, 4) is 0 Å². The van der Waals surface area contributed by atoms with E-state index in [4.69, 9.17) is 0 Å². The second-order valence-corrected chi connectivity index (χ2v) is 5.34. The molecule has 1 N–H and O–H groups in total. The molecular weight excluding hydrogens is 242 g/mol. The standard InChI is InChI=1S/C19H19N/c1-14-7-11-19(12-8-14)20-15(2)17-10-9-16-5-3-4-6-18(16)13-17/h3-13,15,20H,1-2H3. The normalized spacial score (nSPS) is 12.3. The third-order valence-electron chi connectivity index (χ3n) is 3.71. The molecule has 3 aromatic rings. The quantitative estimate of drug-likeness (QED) is 0.672. The first-order chi connectivity index (χ1) is 9.72. The molecule has 1 atom stereocenters. The molecule has 3 aromatic carbocycles. The smallest absolute Gasteiger partial charge is 0.0485 e. The molecule has 3 rings (SSSR count). The van der Waals surface area contributed by atoms with Crippen LogP contribution in [0.4, 0.5) is 5.69 Å². The third kappa shape index (κ3) is 2.67. The molecule has 1 nitrogen and oxygen atoms in total. The van der Waals surface area contributed by atoms with Gasteiger partial charge in [0.15, 0.2) is 0 Å². The fourth-order valence-electron chi connectivity index (χ4n) is 2.46. The summed E-state index contributed by atoms with van der Waals surface area (Å²) in [4.78, 5) is 0. The maximum atomic E-state index is 3.55. The van der Waals surface area contributed by atoms with Gasteiger partial charge in [0.1, 0.15) is 0 Å². The lowest BCUT2D eigenvalue weighted by Gasteiger charge is -2.16. The van der Waals surface area contributed by atoms with Crippen LogP contribution in [-0.2, 0) is 0 Å². The molecule has 1 heteroatoms. The first-order valence-electron chi connectivity index (χ1n) is 7.04. The van der Waals surface area contributed by atoms with Crippen LogP contribution < -0.4 is 5.32 Å². The topological polar surface area (TPSA) is 12.0 Å². The lowest BCUT2D eigenvalue weighted by Crippen LogP contribution is -2.06. The van der Waals surface area contributed by atoms with Crippen LogP contribution in [0.2, 0.25) is 0 Å². The lowest BCUT2D eigenvalue weighted by atomic mass is 10.0. The number of hydrogen-bond donors (Lipinski definition) is 1. The predicted molar refractivity (Wildman–Crippen MR) is 87.2 cm³/mol. The van der Waals surface area contributed by atoms with Crippen molar-refractivity contribution in [1.29, 1.82) is 0 Å². The maximum Gasteiger partial charge on any atom is 0.0485 e. The Labute approximate surface area is 120 Å². The van der Waals surface area contributed by atoms with E-state index in [1.54, 1.807) is 0 Å². The van der Waals surface area contributed by atoms with E-state index in [1.807, 2.05) is 0 Å². The zero-order valence-electron chi connectivity index (χ0n) is 11.9. The van der Waals surface area contributed by atoms with Crippen LogP contribution in [-0.4, -0.2) is 0 Å². The molecule has 100 valence electrons. The minimum absolute atomic E-state index is 0.294. The van der Waals surface area contributed by atoms with Gasteiger partial charge in [0, 0.05) is 11.7 Å². The summed E-state index contributed by atoms with van der Waals surface area (Å²) in [5.74, 6) is 0. The Hall–Kier alpha value is -2.28. The highest BCUT2D eigenvalue weighted by Crippen LogP contribution is 2.23. The Bertz CT molecular complexity index is 713. The van der Waals surface area contributed by atoms with E-state index >= 15 is 0 Å². The zero-order chi connectivity index (χ0) is 13.9. The lowest BCUT2D eigenvalue weighted by molar-refractivity contribution is 0.887. The van der Waals surface area contributed by atoms with Gasteiger partial charge in [-0.25, -0.2) is 0 Å². The van der Waals surface area contributed by atoms with Crippen molar-refractivity contribution in [3.63, 3.8) is 0 Å². The molecule has 0 aliphatic rings. The van der Waals surface area contributed by atoms with E-state index < -0.39 is 0 Å². The Morgan fingerprint density at radius 3 is 2.25 bits per heavy atom. The van der Waals surface area contributed by atoms with Crippen molar-refractivity contribution in [2.45, 2.75) is 19.9 Å². The van der Waals surface area contributed by atoms with Gasteiger partial charge >= 0.3 is 0 Å². The Balaban J connectivity index is 1.84. The van der Waals surface area contributed by atoms with E-state index in [0.29, 0.717) is 6.04 Å². The summed E-state index contributed by atoms with van der Waals surface area (Å²) in [7, 11) is 0. The molecule has 0 amide bonds. The van der Waals surface area contributed by atoms with Crippen molar-refractivity contribution < 1.29 is 0 Å². The molecule has 0 radical (unpaired) electrons. The predicted octanol–water partition coefficient (Wildman–Crippen LogP) is 5.32. The average Bonchev–Trinajstić information content (AvgIpc) is 2.49. The van der Waals surface area contributed by atoms with Crippen LogP contribution in [0, 0.1) is 6.92 Å². The molecule has 0 bridgehead atoms. The van der Waals surface area contributed by atoms with E-state index in [9.17, 15) is 0 Å². The summed E-state index contributed by atoms with van der Waals surface area (Å²) in [6.45, 7) is 4.31. The fraction of sp³-hybridized carbons (Fsp3) is 0.158. The van der Waals surface area contributed by atoms with Crippen molar-refractivity contribution in [2.75, 3.05) is 5.32 Å². The molecule has 0 aliphatic heterocycles. The number of hydrogen-bond acceptors (Lipinski definition) is 1. The largest absolute Gasteiger partial charge is 0.379 e. The second kappa shape index (κ2) is 5.38. The summed E-state index contributed by atoms with van der Waals surface area (Å²) < 4.78 is 0. The highest BCUT2D eigenvalue weighted by Gasteiger charge is 2.05. The van der Waals surface area contributed by atoms with Crippen LogP contribution >= 0.6 is 0 Å². The Morgan fingerprint density at radius 2 is 1.50 bits per heavy atom. The molecule has 0 saturated heterocycles. The van der Waals surface area contributed by atoms with E-state index in [2.05, 4.69) is 85.9 Å². The number of aryl methyl sites for hydroxylation is 1. The van der Waals surface area contributed by atoms with Gasteiger partial charge in [0.25, 0.3) is 0 Å². The van der Waals surface area contributed by atoms with Crippen molar-refractivity contribution in [3.05, 3.63) is 77.9 Å². The third-order valence-corrected chi connectivity index (χ3v) is 3.71. The molecule has 0 saturated carbocycles. The minimum Gasteiger partial charge on any atom is -0.379 e. The summed E-state index contributed by atoms with van der Waals surface area (Å²) in [6.07, 6.45) is 0. The van der Waals surface area contributed by atoms with Crippen molar-refractivity contribution in [1.82, 2.24) is 0 Å². The summed E-state index contributed by atoms with van der Waals surface area (Å²) in [6, 6.07) is 24.0. The van der Waals surface area contributed by atoms with Gasteiger partial charge < -0.3 is 5.32 Å². The van der Waals surface area contributed by atoms with Crippen LogP contribution in [0.3, 0.4) is 0 Å². The van der Waals surface area contributed by atoms with E-state index in [1.165, 1.54) is 21.9 Å². The van der Waals surface area contributed by atoms with Gasteiger partial charge in [0.2, 0.25) is 0 Å². The first-order valence-corrected chi connectivity index (χ1v) is 7.04. The number of benzene rings is 3. The Kier molecular flexibility index (Phi) is 3.42. The van der Waals surface area contributed by atoms with Crippen molar-refractivity contribution in [2.24, 2.45) is 0 Å². The number of fused-ring (bicyclic) bond motifs is 1. The molecule has 0 heterocycles. The molecule has 0 aliphatic carbocycles. The number of rotatable bonds is 3. The second-order valence-electron chi connectivity index (χ2n) is 5.34. The minimum atomic E-state index is 0.294. The zero-order valence-corrected chi connectivity index (χ0v) is 11.9. The first kappa shape index (κ1) is 12.7. The number of anilines is 1. The molecule has 0 spiro atoms. The molecule has 0 fully saturated rings. The van der Waals surface area contributed by atoms with Crippen LogP contribution in [0.5, 0.6) is 0 Å². The summed E-state index contributed by atoms with van der Waals surface area (Å²) in [5.41, 5.74) is 3.76. The van der Waals surface area contributed by atoms with Gasteiger partial charge in [-0.05, 0) is 48.4 Å². The highest BCUT2D eigenvalue weighted by molar-refractivity contribution is 5.83. The van der Waals surface area contributed by atoms with Crippen molar-refractivity contribution >= 4 is 16.5 Å². The monoisotopic (exact) mass is 261 g/mol. The molecule has 20 heavy (non-hydrogen) atoms. The SMILES string of the molecule is Cc1ccc(NC(C)c2ccc3ccccc3c2)cc1. The van der Waals surface area contributed by atoms with Gasteiger partial charge in [0.05, 0.1) is 0 Å². The highest BCUT2D eigenvalue weighted by atomic mass is 14.9. The average molecular weight is 261 g/mol. The summed E-state index contributed by atoms with van der Waals surface area (Å²) >= 11 is 0. The van der Waals surface area contributed by atoms with Crippen LogP contribution in [0.15, 0.2) is 66.7 Å². The van der Waals surface area contributed by atoms with Gasteiger partial charge in [-0.1, -0.05) is 54.1 Å². The van der Waals surface area contributed by atoms with Gasteiger partial charge in [-0.15, -0.1) is 0 Å².